The molecule has 1 aliphatic rings. The van der Waals surface area contributed by atoms with Gasteiger partial charge in [-0.25, -0.2) is 0 Å². The lowest BCUT2D eigenvalue weighted by molar-refractivity contribution is -0.140. The Morgan fingerprint density at radius 2 is 1.70 bits per heavy atom. The van der Waals surface area contributed by atoms with Gasteiger partial charge in [0.1, 0.15) is 11.5 Å². The van der Waals surface area contributed by atoms with Crippen LogP contribution < -0.4 is 14.2 Å². The van der Waals surface area contributed by atoms with E-state index < -0.39 is 17.7 Å². The average Bonchev–Trinajstić information content (AvgIpc) is 3.23. The van der Waals surface area contributed by atoms with Crippen LogP contribution in [0.1, 0.15) is 70.5 Å². The maximum absolute atomic E-state index is 13.5. The molecule has 218 valence electrons. The molecule has 0 spiro atoms. The summed E-state index contributed by atoms with van der Waals surface area (Å²) in [5, 5.41) is 11.5. The van der Waals surface area contributed by atoms with Crippen molar-refractivity contribution in [3.63, 3.8) is 0 Å². The van der Waals surface area contributed by atoms with Gasteiger partial charge in [-0.2, -0.15) is 0 Å². The van der Waals surface area contributed by atoms with Crippen molar-refractivity contribution in [3.05, 3.63) is 59.2 Å². The van der Waals surface area contributed by atoms with E-state index in [0.717, 1.165) is 38.9 Å². The number of amides is 1. The molecule has 0 bridgehead atoms. The van der Waals surface area contributed by atoms with Crippen molar-refractivity contribution in [2.75, 3.05) is 46.5 Å². The summed E-state index contributed by atoms with van der Waals surface area (Å²) in [6.07, 6.45) is 3.46. The molecule has 1 heterocycles. The van der Waals surface area contributed by atoms with Gasteiger partial charge < -0.3 is 29.1 Å². The minimum absolute atomic E-state index is 0.0576. The number of ether oxygens (including phenoxy) is 3. The van der Waals surface area contributed by atoms with Crippen molar-refractivity contribution in [2.45, 2.75) is 59.4 Å². The van der Waals surface area contributed by atoms with Gasteiger partial charge in [-0.15, -0.1) is 0 Å². The fraction of sp³-hybridized carbons (Fsp3) is 0.500. The third kappa shape index (κ3) is 7.36. The van der Waals surface area contributed by atoms with Gasteiger partial charge in [-0.05, 0) is 68.7 Å². The van der Waals surface area contributed by atoms with Gasteiger partial charge in [0.25, 0.3) is 11.7 Å². The Bertz CT molecular complexity index is 1170. The van der Waals surface area contributed by atoms with E-state index in [4.69, 9.17) is 14.2 Å². The molecule has 0 aromatic heterocycles. The van der Waals surface area contributed by atoms with E-state index in [0.29, 0.717) is 54.6 Å². The van der Waals surface area contributed by atoms with Gasteiger partial charge in [0.05, 0.1) is 31.9 Å². The number of ketones is 1. The summed E-state index contributed by atoms with van der Waals surface area (Å²) in [6, 6.07) is 11.6. The van der Waals surface area contributed by atoms with Crippen molar-refractivity contribution in [1.82, 2.24) is 9.80 Å². The fourth-order valence-electron chi connectivity index (χ4n) is 4.87. The molecule has 1 amide bonds. The average molecular weight is 553 g/mol. The number of aliphatic hydroxyl groups excluding tert-OH is 1. The molecule has 1 atom stereocenters. The SMILES string of the molecule is CCCCOc1ccc(C2C(=C(O)c3cccc(OCCC)c3)C(=O)C(=O)N2CCCN(CC)CC)cc1OC. The first-order valence-corrected chi connectivity index (χ1v) is 14.4. The van der Waals surface area contributed by atoms with Crippen molar-refractivity contribution in [1.29, 1.82) is 0 Å². The molecule has 8 nitrogen and oxygen atoms in total. The molecule has 0 saturated carbocycles. The Morgan fingerprint density at radius 3 is 2.38 bits per heavy atom. The number of Topliss-reactive ketones (excluding diaryl/α,β-unsaturated/α-hetero) is 1. The van der Waals surface area contributed by atoms with Crippen molar-refractivity contribution in [2.24, 2.45) is 0 Å². The second-order valence-electron chi connectivity index (χ2n) is 9.86. The monoisotopic (exact) mass is 552 g/mol. The molecule has 1 fully saturated rings. The van der Waals surface area contributed by atoms with Gasteiger partial charge in [-0.1, -0.05) is 52.3 Å². The molecule has 1 N–H and O–H groups in total. The lowest BCUT2D eigenvalue weighted by atomic mass is 9.95. The molecule has 40 heavy (non-hydrogen) atoms. The smallest absolute Gasteiger partial charge is 0.295 e. The number of rotatable bonds is 16. The fourth-order valence-corrected chi connectivity index (χ4v) is 4.87. The molecule has 1 aliphatic heterocycles. The molecule has 2 aromatic carbocycles. The zero-order valence-electron chi connectivity index (χ0n) is 24.6. The highest BCUT2D eigenvalue weighted by Gasteiger charge is 2.46. The van der Waals surface area contributed by atoms with Crippen molar-refractivity contribution >= 4 is 17.4 Å². The van der Waals surface area contributed by atoms with Crippen LogP contribution in [-0.2, 0) is 9.59 Å². The maximum Gasteiger partial charge on any atom is 0.295 e. The molecule has 1 saturated heterocycles. The molecule has 2 aromatic rings. The van der Waals surface area contributed by atoms with Crippen LogP contribution in [0.3, 0.4) is 0 Å². The highest BCUT2D eigenvalue weighted by molar-refractivity contribution is 6.46. The standard InChI is InChI=1S/C32H44N2O6/c1-6-10-20-40-26-16-15-23(22-27(26)38-5)29-28(30(35)24-13-11-14-25(21-24)39-19-7-2)31(36)32(37)34(29)18-12-17-33(8-3)9-4/h11,13-16,21-22,29,35H,6-10,12,17-20H2,1-5H3. The molecule has 0 radical (unpaired) electrons. The van der Waals surface area contributed by atoms with Crippen LogP contribution in [0.15, 0.2) is 48.0 Å². The number of likely N-dealkylation sites (tertiary alicyclic amines) is 1. The highest BCUT2D eigenvalue weighted by Crippen LogP contribution is 2.42. The summed E-state index contributed by atoms with van der Waals surface area (Å²) in [5.74, 6) is 0.153. The van der Waals surface area contributed by atoms with E-state index in [-0.39, 0.29) is 11.3 Å². The molecule has 1 unspecified atom stereocenters. The van der Waals surface area contributed by atoms with Gasteiger partial charge in [-0.3, -0.25) is 9.59 Å². The number of hydrogen-bond acceptors (Lipinski definition) is 7. The number of hydrogen-bond donors (Lipinski definition) is 1. The van der Waals surface area contributed by atoms with Gasteiger partial charge in [0.15, 0.2) is 11.5 Å². The van der Waals surface area contributed by atoms with Crippen LogP contribution in [0.25, 0.3) is 5.76 Å². The predicted molar refractivity (Wildman–Crippen MR) is 157 cm³/mol. The summed E-state index contributed by atoms with van der Waals surface area (Å²) in [5.41, 5.74) is 1.15. The molecular weight excluding hydrogens is 508 g/mol. The normalized spacial score (nSPS) is 16.6. The number of aliphatic hydroxyl groups is 1. The Kier molecular flexibility index (Phi) is 11.9. The van der Waals surface area contributed by atoms with Crippen LogP contribution in [0.4, 0.5) is 0 Å². The first-order valence-electron chi connectivity index (χ1n) is 14.4. The Balaban J connectivity index is 2.06. The third-order valence-corrected chi connectivity index (χ3v) is 7.15. The zero-order valence-corrected chi connectivity index (χ0v) is 24.6. The summed E-state index contributed by atoms with van der Waals surface area (Å²) >= 11 is 0. The Hall–Kier alpha value is -3.52. The maximum atomic E-state index is 13.5. The van der Waals surface area contributed by atoms with E-state index in [1.807, 2.05) is 13.0 Å². The largest absolute Gasteiger partial charge is 0.507 e. The Labute approximate surface area is 238 Å². The zero-order chi connectivity index (χ0) is 29.1. The summed E-state index contributed by atoms with van der Waals surface area (Å²) in [6.45, 7) is 12.4. The summed E-state index contributed by atoms with van der Waals surface area (Å²) in [7, 11) is 1.56. The minimum atomic E-state index is -0.768. The number of unbranched alkanes of at least 4 members (excludes halogenated alkanes) is 1. The third-order valence-electron chi connectivity index (χ3n) is 7.15. The lowest BCUT2D eigenvalue weighted by Gasteiger charge is -2.27. The van der Waals surface area contributed by atoms with E-state index in [2.05, 4.69) is 25.7 Å². The topological polar surface area (TPSA) is 88.5 Å². The van der Waals surface area contributed by atoms with E-state index >= 15 is 0 Å². The van der Waals surface area contributed by atoms with Crippen LogP contribution >= 0.6 is 0 Å². The van der Waals surface area contributed by atoms with Crippen LogP contribution in [0.2, 0.25) is 0 Å². The lowest BCUT2D eigenvalue weighted by Crippen LogP contribution is -2.33. The quantitative estimate of drug-likeness (QED) is 0.122. The highest BCUT2D eigenvalue weighted by atomic mass is 16.5. The van der Waals surface area contributed by atoms with E-state index in [9.17, 15) is 14.7 Å². The van der Waals surface area contributed by atoms with Crippen LogP contribution in [0.5, 0.6) is 17.2 Å². The second-order valence-corrected chi connectivity index (χ2v) is 9.86. The predicted octanol–water partition coefficient (Wildman–Crippen LogP) is 5.82. The minimum Gasteiger partial charge on any atom is -0.507 e. The first-order chi connectivity index (χ1) is 19.4. The second kappa shape index (κ2) is 15.3. The van der Waals surface area contributed by atoms with Gasteiger partial charge >= 0.3 is 0 Å². The number of nitrogens with zero attached hydrogens (tertiary/aromatic N) is 2. The number of carbonyl (C=O) groups excluding carboxylic acids is 2. The number of methoxy groups -OCH3 is 1. The van der Waals surface area contributed by atoms with Gasteiger partial charge in [0.2, 0.25) is 0 Å². The summed E-state index contributed by atoms with van der Waals surface area (Å²) < 4.78 is 17.3. The summed E-state index contributed by atoms with van der Waals surface area (Å²) in [4.78, 5) is 30.7. The molecule has 0 aliphatic carbocycles. The van der Waals surface area contributed by atoms with Crippen molar-refractivity contribution < 1.29 is 28.9 Å². The molecular formula is C32H44N2O6. The number of benzene rings is 2. The van der Waals surface area contributed by atoms with E-state index in [1.54, 1.807) is 48.4 Å². The molecule has 8 heteroatoms. The van der Waals surface area contributed by atoms with Gasteiger partial charge in [0, 0.05) is 12.1 Å². The van der Waals surface area contributed by atoms with Crippen LogP contribution in [-0.4, -0.2) is 73.1 Å². The number of carbonyl (C=O) groups is 2. The first kappa shape index (κ1) is 31.0. The Morgan fingerprint density at radius 1 is 0.925 bits per heavy atom. The molecule has 3 rings (SSSR count). The van der Waals surface area contributed by atoms with Crippen LogP contribution in [0, 0.1) is 0 Å². The van der Waals surface area contributed by atoms with Crippen molar-refractivity contribution in [3.8, 4) is 17.2 Å². The van der Waals surface area contributed by atoms with E-state index in [1.165, 1.54) is 0 Å².